The predicted molar refractivity (Wildman–Crippen MR) is 112 cm³/mol. The van der Waals surface area contributed by atoms with E-state index in [1.54, 1.807) is 12.1 Å². The number of ether oxygens (including phenoxy) is 2. The standard InChI is InChI=1S/C22H31FN4O4/c1-15(28)25-11-18-14-27(22(29)31-18)13-16-2-3-21(19(23)10-16)30-9-8-26-7-5-17-4-6-24-12-20(17)26/h2-3,10,17-18,20,24H,4-9,11-14H2,1H3,(H,25,28)/t17-,18+,20-/m1/s1. The largest absolute Gasteiger partial charge is 0.489 e. The Balaban J connectivity index is 1.24. The van der Waals surface area contributed by atoms with Crippen molar-refractivity contribution in [2.24, 2.45) is 5.92 Å². The van der Waals surface area contributed by atoms with E-state index >= 15 is 0 Å². The van der Waals surface area contributed by atoms with E-state index in [2.05, 4.69) is 15.5 Å². The summed E-state index contributed by atoms with van der Waals surface area (Å²) in [4.78, 5) is 27.0. The molecule has 0 spiro atoms. The summed E-state index contributed by atoms with van der Waals surface area (Å²) in [6, 6.07) is 5.36. The highest BCUT2D eigenvalue weighted by Crippen LogP contribution is 2.28. The van der Waals surface area contributed by atoms with Crippen LogP contribution in [0.4, 0.5) is 9.18 Å². The van der Waals surface area contributed by atoms with Gasteiger partial charge in [0.2, 0.25) is 5.91 Å². The van der Waals surface area contributed by atoms with Crippen LogP contribution in [0.1, 0.15) is 25.3 Å². The van der Waals surface area contributed by atoms with E-state index in [1.807, 2.05) is 0 Å². The molecule has 3 atom stereocenters. The zero-order valence-corrected chi connectivity index (χ0v) is 17.9. The van der Waals surface area contributed by atoms with E-state index in [-0.39, 0.29) is 24.7 Å². The number of halogens is 1. The third kappa shape index (κ3) is 5.46. The fourth-order valence-corrected chi connectivity index (χ4v) is 4.76. The van der Waals surface area contributed by atoms with Crippen LogP contribution in [-0.4, -0.2) is 79.8 Å². The van der Waals surface area contributed by atoms with Gasteiger partial charge in [0.1, 0.15) is 12.7 Å². The number of hydrogen-bond acceptors (Lipinski definition) is 6. The van der Waals surface area contributed by atoms with Crippen LogP contribution < -0.4 is 15.4 Å². The second-order valence-electron chi connectivity index (χ2n) is 8.58. The van der Waals surface area contributed by atoms with E-state index < -0.39 is 18.0 Å². The lowest BCUT2D eigenvalue weighted by Gasteiger charge is -2.32. The third-order valence-corrected chi connectivity index (χ3v) is 6.38. The Kier molecular flexibility index (Phi) is 6.92. The molecule has 3 fully saturated rings. The SMILES string of the molecule is CC(=O)NC[C@H]1CN(Cc2ccc(OCCN3CC[C@H]4CCNC[C@H]43)c(F)c2)C(=O)O1. The number of piperidine rings is 1. The van der Waals surface area contributed by atoms with Crippen LogP contribution in [0.25, 0.3) is 0 Å². The van der Waals surface area contributed by atoms with E-state index in [9.17, 15) is 14.0 Å². The van der Waals surface area contributed by atoms with Gasteiger partial charge in [0.25, 0.3) is 0 Å². The molecule has 1 aromatic rings. The van der Waals surface area contributed by atoms with Crippen molar-refractivity contribution in [1.82, 2.24) is 20.4 Å². The van der Waals surface area contributed by atoms with E-state index in [4.69, 9.17) is 9.47 Å². The lowest BCUT2D eigenvalue weighted by Crippen LogP contribution is -2.46. The Morgan fingerprint density at radius 1 is 1.39 bits per heavy atom. The maximum Gasteiger partial charge on any atom is 0.410 e. The van der Waals surface area contributed by atoms with Crippen molar-refractivity contribution >= 4 is 12.0 Å². The summed E-state index contributed by atoms with van der Waals surface area (Å²) in [7, 11) is 0. The molecule has 2 N–H and O–H groups in total. The van der Waals surface area contributed by atoms with Gasteiger partial charge in [0.15, 0.2) is 11.6 Å². The van der Waals surface area contributed by atoms with Crippen LogP contribution in [0.5, 0.6) is 5.75 Å². The Morgan fingerprint density at radius 2 is 2.26 bits per heavy atom. The van der Waals surface area contributed by atoms with Gasteiger partial charge in [-0.3, -0.25) is 9.69 Å². The van der Waals surface area contributed by atoms with Gasteiger partial charge in [-0.15, -0.1) is 0 Å². The molecule has 170 valence electrons. The molecule has 31 heavy (non-hydrogen) atoms. The van der Waals surface area contributed by atoms with Crippen LogP contribution in [0.2, 0.25) is 0 Å². The number of nitrogens with zero attached hydrogens (tertiary/aromatic N) is 2. The molecule has 1 aromatic carbocycles. The quantitative estimate of drug-likeness (QED) is 0.643. The van der Waals surface area contributed by atoms with Gasteiger partial charge in [-0.05, 0) is 49.5 Å². The van der Waals surface area contributed by atoms with Gasteiger partial charge >= 0.3 is 6.09 Å². The minimum absolute atomic E-state index is 0.174. The number of hydrogen-bond donors (Lipinski definition) is 2. The second kappa shape index (κ2) is 9.82. The third-order valence-electron chi connectivity index (χ3n) is 6.38. The monoisotopic (exact) mass is 434 g/mol. The predicted octanol–water partition coefficient (Wildman–Crippen LogP) is 1.35. The van der Waals surface area contributed by atoms with Crippen molar-refractivity contribution in [3.8, 4) is 5.75 Å². The first-order chi connectivity index (χ1) is 15.0. The molecule has 3 aliphatic rings. The molecule has 0 saturated carbocycles. The summed E-state index contributed by atoms with van der Waals surface area (Å²) in [5, 5.41) is 6.10. The summed E-state index contributed by atoms with van der Waals surface area (Å²) in [6.07, 6.45) is 1.61. The number of carbonyl (C=O) groups is 2. The van der Waals surface area contributed by atoms with Crippen LogP contribution in [0.3, 0.4) is 0 Å². The van der Waals surface area contributed by atoms with Crippen molar-refractivity contribution in [3.63, 3.8) is 0 Å². The molecular weight excluding hydrogens is 403 g/mol. The molecule has 8 nitrogen and oxygen atoms in total. The number of benzene rings is 1. The Morgan fingerprint density at radius 3 is 3.06 bits per heavy atom. The summed E-state index contributed by atoms with van der Waals surface area (Å²) in [5.74, 6) is 0.395. The van der Waals surface area contributed by atoms with Crippen LogP contribution in [-0.2, 0) is 16.1 Å². The highest BCUT2D eigenvalue weighted by molar-refractivity contribution is 5.73. The number of likely N-dealkylation sites (tertiary alicyclic amines) is 1. The molecule has 2 amide bonds. The Hall–Kier alpha value is -2.39. The fourth-order valence-electron chi connectivity index (χ4n) is 4.76. The van der Waals surface area contributed by atoms with Gasteiger partial charge in [-0.25, -0.2) is 9.18 Å². The maximum absolute atomic E-state index is 14.5. The van der Waals surface area contributed by atoms with Crippen LogP contribution in [0.15, 0.2) is 18.2 Å². The van der Waals surface area contributed by atoms with Crippen LogP contribution >= 0.6 is 0 Å². The summed E-state index contributed by atoms with van der Waals surface area (Å²) < 4.78 is 25.5. The number of amides is 2. The molecule has 3 saturated heterocycles. The first kappa shape index (κ1) is 21.8. The van der Waals surface area contributed by atoms with Gasteiger partial charge in [0.05, 0.1) is 13.1 Å². The first-order valence-corrected chi connectivity index (χ1v) is 11.1. The highest BCUT2D eigenvalue weighted by Gasteiger charge is 2.35. The molecule has 0 aliphatic carbocycles. The average Bonchev–Trinajstić information content (AvgIpc) is 3.31. The fraction of sp³-hybridized carbons (Fsp3) is 0.636. The van der Waals surface area contributed by atoms with Gasteiger partial charge in [-0.2, -0.15) is 0 Å². The van der Waals surface area contributed by atoms with Gasteiger partial charge < -0.3 is 25.0 Å². The van der Waals surface area contributed by atoms with E-state index in [1.165, 1.54) is 30.7 Å². The highest BCUT2D eigenvalue weighted by atomic mass is 19.1. The summed E-state index contributed by atoms with van der Waals surface area (Å²) in [5.41, 5.74) is 0.664. The van der Waals surface area contributed by atoms with Crippen LogP contribution in [0, 0.1) is 11.7 Å². The van der Waals surface area contributed by atoms with Crippen molar-refractivity contribution in [2.75, 3.05) is 45.9 Å². The number of nitrogens with one attached hydrogen (secondary N) is 2. The molecule has 0 aromatic heterocycles. The molecular formula is C22H31FN4O4. The molecule has 3 heterocycles. The number of carbonyl (C=O) groups excluding carboxylic acids is 2. The molecule has 0 radical (unpaired) electrons. The van der Waals surface area contributed by atoms with Crippen molar-refractivity contribution < 1.29 is 23.5 Å². The van der Waals surface area contributed by atoms with Crippen molar-refractivity contribution in [3.05, 3.63) is 29.6 Å². The number of cyclic esters (lactones) is 1. The topological polar surface area (TPSA) is 83.1 Å². The average molecular weight is 435 g/mol. The minimum Gasteiger partial charge on any atom is -0.489 e. The zero-order valence-electron chi connectivity index (χ0n) is 17.9. The zero-order chi connectivity index (χ0) is 21.8. The van der Waals surface area contributed by atoms with Crippen molar-refractivity contribution in [2.45, 2.75) is 38.5 Å². The molecule has 0 bridgehead atoms. The maximum atomic E-state index is 14.5. The lowest BCUT2D eigenvalue weighted by molar-refractivity contribution is -0.119. The Bertz CT molecular complexity index is 808. The van der Waals surface area contributed by atoms with E-state index in [0.717, 1.165) is 32.1 Å². The molecule has 4 rings (SSSR count). The molecule has 0 unspecified atom stereocenters. The Labute approximate surface area is 182 Å². The van der Waals surface area contributed by atoms with Gasteiger partial charge in [-0.1, -0.05) is 6.07 Å². The normalized spacial score (nSPS) is 25.9. The number of rotatable bonds is 8. The van der Waals surface area contributed by atoms with Crippen molar-refractivity contribution in [1.29, 1.82) is 0 Å². The minimum atomic E-state index is -0.461. The van der Waals surface area contributed by atoms with E-state index in [0.29, 0.717) is 24.8 Å². The first-order valence-electron chi connectivity index (χ1n) is 11.1. The molecule has 3 aliphatic heterocycles. The summed E-state index contributed by atoms with van der Waals surface area (Å²) in [6.45, 7) is 6.73. The number of fused-ring (bicyclic) bond motifs is 1. The molecule has 9 heteroatoms. The lowest BCUT2D eigenvalue weighted by atomic mass is 9.93. The second-order valence-corrected chi connectivity index (χ2v) is 8.58. The van der Waals surface area contributed by atoms with Gasteiger partial charge in [0, 0.05) is 32.6 Å². The smallest absolute Gasteiger partial charge is 0.410 e. The summed E-state index contributed by atoms with van der Waals surface area (Å²) >= 11 is 0.